The van der Waals surface area contributed by atoms with Gasteiger partial charge in [-0.25, -0.2) is 4.98 Å². The number of imidazole rings is 1. The van der Waals surface area contributed by atoms with Gasteiger partial charge in [-0.1, -0.05) is 59.2 Å². The molecule has 2 aliphatic heterocycles. The van der Waals surface area contributed by atoms with Gasteiger partial charge >= 0.3 is 19.0 Å². The van der Waals surface area contributed by atoms with Crippen LogP contribution in [0.1, 0.15) is 47.5 Å². The molecule has 70 heavy (non-hydrogen) atoms. The van der Waals surface area contributed by atoms with Crippen LogP contribution in [0.2, 0.25) is 6.82 Å². The van der Waals surface area contributed by atoms with Gasteiger partial charge in [0.05, 0.1) is 35.3 Å². The lowest BCUT2D eigenvalue weighted by atomic mass is 9.81. The zero-order valence-electron chi connectivity index (χ0n) is 41.3. The predicted octanol–water partition coefficient (Wildman–Crippen LogP) is 8.94. The van der Waals surface area contributed by atoms with Crippen LogP contribution in [0.15, 0.2) is 122 Å². The molecule has 15 nitrogen and oxygen atoms in total. The number of nitrogens with two attached hydrogens (primary N) is 1. The number of pyridine rings is 2. The van der Waals surface area contributed by atoms with E-state index in [9.17, 15) is 14.6 Å². The average molecular weight is 947 g/mol. The maximum absolute atomic E-state index is 12.4. The van der Waals surface area contributed by atoms with Gasteiger partial charge in [0, 0.05) is 87.3 Å². The number of carbonyl (C=O) groups excluding carboxylic acids is 2. The van der Waals surface area contributed by atoms with Crippen LogP contribution < -0.4 is 20.5 Å². The summed E-state index contributed by atoms with van der Waals surface area (Å²) in [6.07, 6.45) is 3.21. The van der Waals surface area contributed by atoms with Gasteiger partial charge in [0.1, 0.15) is 35.2 Å². The van der Waals surface area contributed by atoms with Crippen LogP contribution in [-0.4, -0.2) is 97.7 Å². The molecule has 0 spiro atoms. The van der Waals surface area contributed by atoms with Crippen molar-refractivity contribution < 1.29 is 33.6 Å². The predicted molar refractivity (Wildman–Crippen MR) is 275 cm³/mol. The van der Waals surface area contributed by atoms with Gasteiger partial charge in [-0.05, 0) is 96.4 Å². The van der Waals surface area contributed by atoms with Crippen molar-refractivity contribution in [1.29, 1.82) is 0 Å². The Labute approximate surface area is 410 Å². The number of hydrogen-bond donors (Lipinski definition) is 3. The summed E-state index contributed by atoms with van der Waals surface area (Å²) in [6.45, 7) is 16.8. The lowest BCUT2D eigenvalue weighted by Crippen LogP contribution is -2.58. The molecule has 2 fully saturated rings. The van der Waals surface area contributed by atoms with E-state index < -0.39 is 7.05 Å². The Hall–Kier alpha value is -7.27. The van der Waals surface area contributed by atoms with Crippen LogP contribution in [0.25, 0.3) is 11.0 Å². The van der Waals surface area contributed by atoms with Gasteiger partial charge in [-0.15, -0.1) is 0 Å². The fourth-order valence-corrected chi connectivity index (χ4v) is 7.51. The minimum Gasteiger partial charge on any atom is -0.459 e. The van der Waals surface area contributed by atoms with Crippen LogP contribution in [0.5, 0.6) is 23.0 Å². The van der Waals surface area contributed by atoms with Gasteiger partial charge < -0.3 is 44.4 Å². The second-order valence-corrected chi connectivity index (χ2v) is 18.2. The van der Waals surface area contributed by atoms with Crippen molar-refractivity contribution in [3.63, 3.8) is 0 Å². The third-order valence-electron chi connectivity index (χ3n) is 11.9. The Bertz CT molecular complexity index is 2840. The van der Waals surface area contributed by atoms with E-state index in [2.05, 4.69) is 91.2 Å². The SMILES string of the molecule is CB(O)N1CC(OC(=O)Cc2cc(Oc3ccc(C)c(N)c3)ccn2)C1.Cc1ccc(C)cc1.Cc1ccc(Nc2nc3cc(Oc4ccnc(CC(=O)OC5CN(C(C)C)C5)c4)ccc3n2C)cc1. The number of ether oxygens (including phenoxy) is 4. The lowest BCUT2D eigenvalue weighted by Gasteiger charge is -2.41. The molecule has 0 bridgehead atoms. The van der Waals surface area contributed by atoms with Gasteiger partial charge in [-0.3, -0.25) is 24.5 Å². The number of likely N-dealkylation sites (tertiary alicyclic amines) is 1. The average Bonchev–Trinajstić information content (AvgIpc) is 3.59. The smallest absolute Gasteiger partial charge is 0.376 e. The van der Waals surface area contributed by atoms with Gasteiger partial charge in [0.25, 0.3) is 0 Å². The second kappa shape index (κ2) is 23.4. The maximum atomic E-state index is 12.4. The largest absolute Gasteiger partial charge is 0.459 e. The summed E-state index contributed by atoms with van der Waals surface area (Å²) in [7, 11) is 1.46. The van der Waals surface area contributed by atoms with Crippen LogP contribution in [0, 0.1) is 27.7 Å². The van der Waals surface area contributed by atoms with Crippen LogP contribution in [-0.2, 0) is 39.0 Å². The van der Waals surface area contributed by atoms with E-state index in [1.807, 2.05) is 65.8 Å². The molecule has 0 radical (unpaired) electrons. The molecule has 16 heteroatoms. The molecule has 0 atom stereocenters. The molecule has 0 saturated carbocycles. The molecule has 2 aliphatic rings. The second-order valence-electron chi connectivity index (χ2n) is 18.2. The van der Waals surface area contributed by atoms with E-state index in [-0.39, 0.29) is 37.0 Å². The number of rotatable bonds is 14. The lowest BCUT2D eigenvalue weighted by molar-refractivity contribution is -0.158. The van der Waals surface area contributed by atoms with Crippen molar-refractivity contribution in [3.8, 4) is 23.0 Å². The molecule has 364 valence electrons. The summed E-state index contributed by atoms with van der Waals surface area (Å²) in [4.78, 5) is 41.7. The Morgan fingerprint density at radius 1 is 0.700 bits per heavy atom. The summed E-state index contributed by atoms with van der Waals surface area (Å²) < 4.78 is 24.8. The summed E-state index contributed by atoms with van der Waals surface area (Å²) in [5, 5.41) is 12.8. The summed E-state index contributed by atoms with van der Waals surface area (Å²) in [5.41, 5.74) is 15.4. The van der Waals surface area contributed by atoms with Gasteiger partial charge in [0.2, 0.25) is 5.95 Å². The monoisotopic (exact) mass is 946 g/mol. The highest BCUT2D eigenvalue weighted by molar-refractivity contribution is 6.45. The molecule has 0 unspecified atom stereocenters. The minimum atomic E-state index is -0.517. The molecular formula is C54H63BN8O7. The first-order chi connectivity index (χ1) is 33.5. The molecule has 0 aliphatic carbocycles. The normalized spacial score (nSPS) is 13.7. The van der Waals surface area contributed by atoms with Crippen molar-refractivity contribution >= 4 is 47.3 Å². The third-order valence-corrected chi connectivity index (χ3v) is 11.9. The van der Waals surface area contributed by atoms with Crippen molar-refractivity contribution in [1.82, 2.24) is 29.2 Å². The van der Waals surface area contributed by atoms with Crippen LogP contribution in [0.4, 0.5) is 17.3 Å². The number of nitrogen functional groups attached to an aromatic ring is 1. The number of nitrogens with one attached hydrogen (secondary N) is 1. The maximum Gasteiger partial charge on any atom is 0.376 e. The zero-order chi connectivity index (χ0) is 49.9. The van der Waals surface area contributed by atoms with E-state index in [1.54, 1.807) is 49.5 Å². The molecule has 7 aromatic rings. The highest BCUT2D eigenvalue weighted by Crippen LogP contribution is 2.29. The fraction of sp³-hybridized carbons (Fsp3) is 0.315. The van der Waals surface area contributed by atoms with E-state index >= 15 is 0 Å². The molecule has 4 N–H and O–H groups in total. The van der Waals surface area contributed by atoms with Crippen molar-refractivity contribution in [3.05, 3.63) is 155 Å². The quantitative estimate of drug-likeness (QED) is 0.0534. The number of anilines is 3. The number of carbonyl (C=O) groups is 2. The number of aromatic nitrogens is 4. The highest BCUT2D eigenvalue weighted by Gasteiger charge is 2.34. The van der Waals surface area contributed by atoms with E-state index in [4.69, 9.17) is 29.7 Å². The first-order valence-corrected chi connectivity index (χ1v) is 23.5. The molecular weight excluding hydrogens is 883 g/mol. The Morgan fingerprint density at radius 2 is 1.19 bits per heavy atom. The molecule has 0 amide bonds. The van der Waals surface area contributed by atoms with E-state index in [0.717, 1.165) is 41.3 Å². The molecule has 2 saturated heterocycles. The zero-order valence-corrected chi connectivity index (χ0v) is 41.3. The number of nitrogens with zero attached hydrogens (tertiary/aromatic N) is 6. The van der Waals surface area contributed by atoms with E-state index in [1.165, 1.54) is 16.7 Å². The number of aryl methyl sites for hydroxylation is 5. The van der Waals surface area contributed by atoms with Gasteiger partial charge in [0.15, 0.2) is 0 Å². The number of benzene rings is 4. The van der Waals surface area contributed by atoms with Crippen molar-refractivity contribution in [2.24, 2.45) is 7.05 Å². The standard InChI is InChI=1S/C28H31N5O3.C18H22BN3O4.C8H10/c1-18(2)33-16-24(17-33)36-27(34)14-21-13-23(11-12-29-21)35-22-9-10-26-25(15-22)31-28(32(26)4)30-20-7-5-19(3)6-8-20;1-12-3-4-14(9-17(12)20)25-15-5-6-21-13(7-15)8-18(23)26-16-10-22(11-16)19(2)24;1-7-3-5-8(2)6-4-7/h5-13,15,18,24H,14,16-17H2,1-4H3,(H,30,31);3-7,9,16,24H,8,10-11,20H2,1-2H3;3-6H,1-2H3. The Morgan fingerprint density at radius 3 is 1.70 bits per heavy atom. The summed E-state index contributed by atoms with van der Waals surface area (Å²) in [5.74, 6) is 2.61. The molecule has 9 rings (SSSR count). The first kappa shape index (κ1) is 50.6. The van der Waals surface area contributed by atoms with Gasteiger partial charge in [-0.2, -0.15) is 0 Å². The molecule has 5 heterocycles. The summed E-state index contributed by atoms with van der Waals surface area (Å²) >= 11 is 0. The summed E-state index contributed by atoms with van der Waals surface area (Å²) in [6, 6.07) is 35.4. The molecule has 3 aromatic heterocycles. The number of fused-ring (bicyclic) bond motifs is 1. The van der Waals surface area contributed by atoms with E-state index in [0.29, 0.717) is 59.2 Å². The van der Waals surface area contributed by atoms with Crippen molar-refractivity contribution in [2.45, 2.75) is 79.5 Å². The Kier molecular flexibility index (Phi) is 16.9. The third kappa shape index (κ3) is 14.4. The fourth-order valence-electron chi connectivity index (χ4n) is 7.51. The molecule has 4 aromatic carbocycles. The number of hydrogen-bond acceptors (Lipinski definition) is 14. The highest BCUT2D eigenvalue weighted by atomic mass is 16.6. The van der Waals surface area contributed by atoms with Crippen molar-refractivity contribution in [2.75, 3.05) is 37.2 Å². The number of esters is 2. The topological polar surface area (TPSA) is 179 Å². The van der Waals surface area contributed by atoms with Crippen LogP contribution >= 0.6 is 0 Å². The Balaban J connectivity index is 0.000000184. The minimum absolute atomic E-state index is 0.0326. The van der Waals surface area contributed by atoms with Crippen LogP contribution in [0.3, 0.4) is 0 Å². The first-order valence-electron chi connectivity index (χ1n) is 23.5.